The zero-order valence-electron chi connectivity index (χ0n) is 17.5. The molecule has 0 saturated heterocycles. The molecule has 0 fully saturated rings. The van der Waals surface area contributed by atoms with Crippen molar-refractivity contribution in [2.24, 2.45) is 0 Å². The number of amides is 1. The standard InChI is InChI=1S/C25H24F4N2O/c1-30-24(32)23(18-7-3-2-4-8-18)31-22(20-9-5-6-10-21(20)26)16-13-17-11-14-19(15-12-17)25(27,28)29/h2-12,14-15,22-23,31H,13,16H2,1H3,(H,30,32)/t22-,23?/m1/s1. The largest absolute Gasteiger partial charge is 0.416 e. The first-order valence-electron chi connectivity index (χ1n) is 10.2. The van der Waals surface area contributed by atoms with Crippen molar-refractivity contribution < 1.29 is 22.4 Å². The molecule has 0 aromatic heterocycles. The molecule has 0 aliphatic carbocycles. The molecule has 1 unspecified atom stereocenters. The normalized spacial score (nSPS) is 13.4. The number of halogens is 4. The summed E-state index contributed by atoms with van der Waals surface area (Å²) in [4.78, 5) is 12.6. The Balaban J connectivity index is 1.85. The van der Waals surface area contributed by atoms with Crippen LogP contribution in [-0.4, -0.2) is 13.0 Å². The quantitative estimate of drug-likeness (QED) is 0.445. The molecule has 0 aliphatic heterocycles. The lowest BCUT2D eigenvalue weighted by Gasteiger charge is -2.26. The molecule has 3 nitrogen and oxygen atoms in total. The molecular weight excluding hydrogens is 420 g/mol. The molecule has 3 aromatic rings. The first-order chi connectivity index (χ1) is 15.3. The van der Waals surface area contributed by atoms with Gasteiger partial charge < -0.3 is 5.32 Å². The molecule has 0 saturated carbocycles. The Bertz CT molecular complexity index is 1020. The number of aryl methyl sites for hydroxylation is 1. The second-order valence-electron chi connectivity index (χ2n) is 7.43. The van der Waals surface area contributed by atoms with Gasteiger partial charge in [-0.15, -0.1) is 0 Å². The number of nitrogens with one attached hydrogen (secondary N) is 2. The average molecular weight is 444 g/mol. The van der Waals surface area contributed by atoms with Crippen molar-refractivity contribution in [3.8, 4) is 0 Å². The van der Waals surface area contributed by atoms with Crippen LogP contribution in [0.3, 0.4) is 0 Å². The molecule has 2 atom stereocenters. The average Bonchev–Trinajstić information content (AvgIpc) is 2.79. The smallest absolute Gasteiger partial charge is 0.358 e. The molecule has 0 heterocycles. The number of carbonyl (C=O) groups excluding carboxylic acids is 1. The molecule has 0 spiro atoms. The molecule has 168 valence electrons. The van der Waals surface area contributed by atoms with Gasteiger partial charge in [-0.3, -0.25) is 10.1 Å². The van der Waals surface area contributed by atoms with Gasteiger partial charge in [0.15, 0.2) is 0 Å². The summed E-state index contributed by atoms with van der Waals surface area (Å²) in [5, 5.41) is 5.88. The topological polar surface area (TPSA) is 41.1 Å². The lowest BCUT2D eigenvalue weighted by Crippen LogP contribution is -2.38. The van der Waals surface area contributed by atoms with E-state index in [-0.39, 0.29) is 5.91 Å². The van der Waals surface area contributed by atoms with E-state index in [0.29, 0.717) is 24.0 Å². The summed E-state index contributed by atoms with van der Waals surface area (Å²) in [6.07, 6.45) is -3.61. The van der Waals surface area contributed by atoms with Gasteiger partial charge in [0, 0.05) is 18.7 Å². The SMILES string of the molecule is CNC(=O)C(N[C@H](CCc1ccc(C(F)(F)F)cc1)c1ccccc1F)c1ccccc1. The van der Waals surface area contributed by atoms with Gasteiger partial charge in [0.1, 0.15) is 11.9 Å². The maximum Gasteiger partial charge on any atom is 0.416 e. The zero-order chi connectivity index (χ0) is 23.1. The fraction of sp³-hybridized carbons (Fsp3) is 0.240. The molecule has 1 amide bonds. The summed E-state index contributed by atoms with van der Waals surface area (Å²) in [5.41, 5.74) is 1.10. The van der Waals surface area contributed by atoms with Gasteiger partial charge in [-0.05, 0) is 42.2 Å². The fourth-order valence-electron chi connectivity index (χ4n) is 3.57. The van der Waals surface area contributed by atoms with Crippen molar-refractivity contribution in [3.63, 3.8) is 0 Å². The van der Waals surface area contributed by atoms with Crippen LogP contribution in [0.4, 0.5) is 17.6 Å². The highest BCUT2D eigenvalue weighted by molar-refractivity contribution is 5.83. The molecule has 2 N–H and O–H groups in total. The summed E-state index contributed by atoms with van der Waals surface area (Å²) in [6, 6.07) is 19.0. The number of carbonyl (C=O) groups is 1. The van der Waals surface area contributed by atoms with Crippen molar-refractivity contribution in [2.45, 2.75) is 31.1 Å². The molecule has 0 radical (unpaired) electrons. The summed E-state index contributed by atoms with van der Waals surface area (Å²) in [7, 11) is 1.53. The van der Waals surface area contributed by atoms with Crippen molar-refractivity contribution >= 4 is 5.91 Å². The second-order valence-corrected chi connectivity index (χ2v) is 7.43. The van der Waals surface area contributed by atoms with Crippen LogP contribution in [0.1, 0.15) is 40.8 Å². The summed E-state index contributed by atoms with van der Waals surface area (Å²) in [6.45, 7) is 0. The maximum atomic E-state index is 14.6. The van der Waals surface area contributed by atoms with Crippen molar-refractivity contribution in [1.82, 2.24) is 10.6 Å². The van der Waals surface area contributed by atoms with Gasteiger partial charge in [-0.2, -0.15) is 13.2 Å². The monoisotopic (exact) mass is 444 g/mol. The Morgan fingerprint density at radius 3 is 2.12 bits per heavy atom. The van der Waals surface area contributed by atoms with E-state index in [1.807, 2.05) is 18.2 Å². The van der Waals surface area contributed by atoms with Crippen LogP contribution >= 0.6 is 0 Å². The predicted molar refractivity (Wildman–Crippen MR) is 115 cm³/mol. The predicted octanol–water partition coefficient (Wildman–Crippen LogP) is 5.60. The lowest BCUT2D eigenvalue weighted by atomic mass is 9.95. The third-order valence-corrected chi connectivity index (χ3v) is 5.29. The lowest BCUT2D eigenvalue weighted by molar-refractivity contribution is -0.137. The van der Waals surface area contributed by atoms with E-state index in [4.69, 9.17) is 0 Å². The third-order valence-electron chi connectivity index (χ3n) is 5.29. The molecular formula is C25H24F4N2O. The number of likely N-dealkylation sites (N-methyl/N-ethyl adjacent to an activating group) is 1. The Morgan fingerprint density at radius 2 is 1.53 bits per heavy atom. The van der Waals surface area contributed by atoms with E-state index >= 15 is 0 Å². The van der Waals surface area contributed by atoms with Gasteiger partial charge in [0.25, 0.3) is 0 Å². The highest BCUT2D eigenvalue weighted by Gasteiger charge is 2.30. The molecule has 32 heavy (non-hydrogen) atoms. The van der Waals surface area contributed by atoms with Crippen LogP contribution in [0.2, 0.25) is 0 Å². The van der Waals surface area contributed by atoms with Gasteiger partial charge in [0.2, 0.25) is 5.91 Å². The van der Waals surface area contributed by atoms with Gasteiger partial charge in [-0.25, -0.2) is 4.39 Å². The van der Waals surface area contributed by atoms with E-state index in [2.05, 4.69) is 10.6 Å². The van der Waals surface area contributed by atoms with E-state index in [1.54, 1.807) is 30.3 Å². The Kier molecular flexibility index (Phi) is 7.64. The number of rotatable bonds is 8. The van der Waals surface area contributed by atoms with Crippen LogP contribution in [0, 0.1) is 5.82 Å². The van der Waals surface area contributed by atoms with Crippen LogP contribution in [0.5, 0.6) is 0 Å². The zero-order valence-corrected chi connectivity index (χ0v) is 17.5. The van der Waals surface area contributed by atoms with E-state index in [0.717, 1.165) is 17.7 Å². The van der Waals surface area contributed by atoms with Gasteiger partial charge in [-0.1, -0.05) is 60.7 Å². The molecule has 3 aromatic carbocycles. The van der Waals surface area contributed by atoms with Crippen LogP contribution in [0.25, 0.3) is 0 Å². The Morgan fingerprint density at radius 1 is 0.906 bits per heavy atom. The molecule has 0 aliphatic rings. The minimum Gasteiger partial charge on any atom is -0.358 e. The van der Waals surface area contributed by atoms with Crippen molar-refractivity contribution in [3.05, 3.63) is 107 Å². The second kappa shape index (κ2) is 10.4. The number of alkyl halides is 3. The van der Waals surface area contributed by atoms with Gasteiger partial charge >= 0.3 is 6.18 Å². The minimum absolute atomic E-state index is 0.271. The highest BCUT2D eigenvalue weighted by Crippen LogP contribution is 2.30. The fourth-order valence-corrected chi connectivity index (χ4v) is 3.57. The minimum atomic E-state index is -4.40. The first kappa shape index (κ1) is 23.5. The first-order valence-corrected chi connectivity index (χ1v) is 10.2. The van der Waals surface area contributed by atoms with Crippen molar-refractivity contribution in [2.75, 3.05) is 7.05 Å². The number of hydrogen-bond acceptors (Lipinski definition) is 2. The molecule has 7 heteroatoms. The maximum absolute atomic E-state index is 14.6. The Hall–Kier alpha value is -3.19. The molecule has 3 rings (SSSR count). The van der Waals surface area contributed by atoms with Gasteiger partial charge in [0.05, 0.1) is 5.56 Å². The third kappa shape index (κ3) is 5.95. The van der Waals surface area contributed by atoms with E-state index in [9.17, 15) is 22.4 Å². The highest BCUT2D eigenvalue weighted by atomic mass is 19.4. The summed E-state index contributed by atoms with van der Waals surface area (Å²) >= 11 is 0. The summed E-state index contributed by atoms with van der Waals surface area (Å²) in [5.74, 6) is -0.687. The molecule has 0 bridgehead atoms. The van der Waals surface area contributed by atoms with Crippen molar-refractivity contribution in [1.29, 1.82) is 0 Å². The van der Waals surface area contributed by atoms with Crippen LogP contribution < -0.4 is 10.6 Å². The number of hydrogen-bond donors (Lipinski definition) is 2. The van der Waals surface area contributed by atoms with Crippen LogP contribution in [0.15, 0.2) is 78.9 Å². The van der Waals surface area contributed by atoms with E-state index < -0.39 is 29.6 Å². The number of benzene rings is 3. The van der Waals surface area contributed by atoms with Crippen LogP contribution in [-0.2, 0) is 17.4 Å². The van der Waals surface area contributed by atoms with E-state index in [1.165, 1.54) is 25.2 Å². The summed E-state index contributed by atoms with van der Waals surface area (Å²) < 4.78 is 53.1. The Labute approximate surface area is 184 Å².